The Hall–Kier alpha value is -6.02. The predicted octanol–water partition coefficient (Wildman–Crippen LogP) is 8.36. The average molecular weight is 714 g/mol. The van der Waals surface area contributed by atoms with E-state index in [1.807, 2.05) is 12.1 Å². The van der Waals surface area contributed by atoms with Crippen molar-refractivity contribution < 1.29 is 19.3 Å². The van der Waals surface area contributed by atoms with Gasteiger partial charge >= 0.3 is 0 Å². The second-order valence-corrected chi connectivity index (χ2v) is 13.5. The molecule has 0 radical (unpaired) electrons. The molecule has 0 unspecified atom stereocenters. The average Bonchev–Trinajstić information content (AvgIpc) is 3.53. The zero-order chi connectivity index (χ0) is 34.8. The first-order chi connectivity index (χ1) is 24.3. The number of nitrogens with zero attached hydrogens (tertiary/aromatic N) is 4. The smallest absolute Gasteiger partial charge is 0.283 e. The molecule has 244 valence electrons. The molecule has 0 atom stereocenters. The lowest BCUT2D eigenvalue weighted by Gasteiger charge is -2.36. The van der Waals surface area contributed by atoms with Gasteiger partial charge in [0.15, 0.2) is 9.45 Å². The van der Waals surface area contributed by atoms with Crippen LogP contribution in [-0.4, -0.2) is 32.7 Å². The van der Waals surface area contributed by atoms with E-state index in [-0.39, 0.29) is 27.8 Å². The van der Waals surface area contributed by atoms with Crippen molar-refractivity contribution in [1.29, 1.82) is 0 Å². The van der Waals surface area contributed by atoms with Crippen molar-refractivity contribution in [3.8, 4) is 0 Å². The molecule has 0 spiro atoms. The number of para-hydroxylation sites is 2. The van der Waals surface area contributed by atoms with Gasteiger partial charge < -0.3 is 5.32 Å². The summed E-state index contributed by atoms with van der Waals surface area (Å²) in [5.74, 6) is -1.53. The van der Waals surface area contributed by atoms with Crippen LogP contribution in [0.2, 0.25) is 0 Å². The number of carbonyl (C=O) groups excluding carboxylic acids is 3. The Morgan fingerprint density at radius 3 is 2.02 bits per heavy atom. The Labute approximate surface area is 298 Å². The third kappa shape index (κ3) is 6.52. The molecule has 1 fully saturated rings. The van der Waals surface area contributed by atoms with Crippen molar-refractivity contribution in [2.45, 2.75) is 9.24 Å². The van der Waals surface area contributed by atoms with Crippen molar-refractivity contribution in [3.63, 3.8) is 0 Å². The molecule has 50 heavy (non-hydrogen) atoms. The summed E-state index contributed by atoms with van der Waals surface area (Å²) in [7, 11) is 0. The Morgan fingerprint density at radius 1 is 0.820 bits per heavy atom. The van der Waals surface area contributed by atoms with E-state index < -0.39 is 16.7 Å². The fourth-order valence-corrected chi connectivity index (χ4v) is 7.80. The van der Waals surface area contributed by atoms with Gasteiger partial charge in [0.2, 0.25) is 0 Å². The topological polar surface area (TPSA) is 126 Å². The summed E-state index contributed by atoms with van der Waals surface area (Å²) in [6, 6.07) is 36.2. The molecule has 0 aliphatic carbocycles. The van der Waals surface area contributed by atoms with E-state index in [9.17, 15) is 24.5 Å². The zero-order valence-corrected chi connectivity index (χ0v) is 28.2. The number of benzene rings is 5. The maximum atomic E-state index is 13.8. The molecule has 1 saturated heterocycles. The normalized spacial score (nSPS) is 13.1. The molecule has 2 heterocycles. The quantitative estimate of drug-likeness (QED) is 0.0549. The van der Waals surface area contributed by atoms with Crippen molar-refractivity contribution in [3.05, 3.63) is 154 Å². The minimum absolute atomic E-state index is 0.00573. The largest absolute Gasteiger partial charge is 0.322 e. The second-order valence-electron chi connectivity index (χ2n) is 10.9. The van der Waals surface area contributed by atoms with Gasteiger partial charge in [0.25, 0.3) is 23.4 Å². The monoisotopic (exact) mass is 713 g/mol. The third-order valence-corrected chi connectivity index (χ3v) is 10.1. The molecule has 6 aromatic rings. The highest BCUT2D eigenvalue weighted by molar-refractivity contribution is 8.01. The Bertz CT molecular complexity index is 2280. The van der Waals surface area contributed by atoms with Gasteiger partial charge in [-0.25, -0.2) is 4.98 Å². The number of thiazole rings is 1. The highest BCUT2D eigenvalue weighted by atomic mass is 32.2. The number of nitro groups is 1. The molecule has 5 aromatic carbocycles. The summed E-state index contributed by atoms with van der Waals surface area (Å²) >= 11 is 8.11. The van der Waals surface area contributed by atoms with E-state index >= 15 is 0 Å². The SMILES string of the molecule is O=C(Nc1ccc2nc(Sc3ccc(C=C4C(=O)N(c5ccccc5)C(=S)N(c5ccccc5)C4=O)cc3[N+](=O)[O-])sc2c1)c1ccccc1. The first-order valence-corrected chi connectivity index (χ1v) is 17.1. The molecular formula is C37H23N5O5S3. The van der Waals surface area contributed by atoms with Crippen molar-refractivity contribution in [2.75, 3.05) is 15.1 Å². The lowest BCUT2D eigenvalue weighted by atomic mass is 10.0. The lowest BCUT2D eigenvalue weighted by Crippen LogP contribution is -2.56. The number of hydrogen-bond donors (Lipinski definition) is 1. The molecule has 13 heteroatoms. The van der Waals surface area contributed by atoms with Gasteiger partial charge in [0.05, 0.1) is 31.4 Å². The number of hydrogen-bond acceptors (Lipinski definition) is 9. The third-order valence-electron chi connectivity index (χ3n) is 7.63. The van der Waals surface area contributed by atoms with Crippen LogP contribution in [0.25, 0.3) is 16.3 Å². The highest BCUT2D eigenvalue weighted by Crippen LogP contribution is 2.40. The van der Waals surface area contributed by atoms with E-state index in [0.717, 1.165) is 16.5 Å². The molecule has 7 rings (SSSR count). The molecule has 1 aromatic heterocycles. The van der Waals surface area contributed by atoms with Gasteiger partial charge in [-0.15, -0.1) is 11.3 Å². The molecule has 3 amide bonds. The van der Waals surface area contributed by atoms with Gasteiger partial charge in [0.1, 0.15) is 5.57 Å². The van der Waals surface area contributed by atoms with Crippen LogP contribution in [0.4, 0.5) is 22.7 Å². The first kappa shape index (κ1) is 32.5. The number of amides is 3. The van der Waals surface area contributed by atoms with E-state index in [2.05, 4.69) is 10.3 Å². The van der Waals surface area contributed by atoms with Gasteiger partial charge in [-0.05, 0) is 84.5 Å². The summed E-state index contributed by atoms with van der Waals surface area (Å²) in [6.45, 7) is 0. The molecule has 10 nitrogen and oxygen atoms in total. The van der Waals surface area contributed by atoms with Crippen LogP contribution >= 0.6 is 35.3 Å². The maximum Gasteiger partial charge on any atom is 0.283 e. The summed E-state index contributed by atoms with van der Waals surface area (Å²) in [6.07, 6.45) is 1.35. The minimum atomic E-state index is -0.645. The molecule has 0 bridgehead atoms. The van der Waals surface area contributed by atoms with Crippen molar-refractivity contribution in [2.24, 2.45) is 0 Å². The molecule has 1 N–H and O–H groups in total. The van der Waals surface area contributed by atoms with Crippen LogP contribution in [0, 0.1) is 10.1 Å². The van der Waals surface area contributed by atoms with Gasteiger partial charge in [-0.2, -0.15) is 0 Å². The number of aromatic nitrogens is 1. The van der Waals surface area contributed by atoms with E-state index in [4.69, 9.17) is 12.2 Å². The van der Waals surface area contributed by atoms with Crippen LogP contribution in [0.1, 0.15) is 15.9 Å². The first-order valence-electron chi connectivity index (χ1n) is 15.0. The van der Waals surface area contributed by atoms with E-state index in [1.54, 1.807) is 109 Å². The Morgan fingerprint density at radius 2 is 1.42 bits per heavy atom. The lowest BCUT2D eigenvalue weighted by molar-refractivity contribution is -0.387. The second kappa shape index (κ2) is 13.8. The standard InChI is InChI=1S/C37H23N5O5S3/c43-33(24-10-4-1-5-11-24)38-25-17-18-29-32(22-25)50-36(39-29)49-31-19-16-23(21-30(31)42(46)47)20-28-34(44)40(26-12-6-2-7-13-26)37(48)41(35(28)45)27-14-8-3-9-15-27/h1-22H,(H,38,43). The maximum absolute atomic E-state index is 13.8. The van der Waals surface area contributed by atoms with E-state index in [0.29, 0.717) is 37.4 Å². The number of fused-ring (bicyclic) bond motifs is 1. The number of thiocarbonyl (C=S) groups is 1. The van der Waals surface area contributed by atoms with E-state index in [1.165, 1.54) is 33.3 Å². The van der Waals surface area contributed by atoms with Crippen LogP contribution in [0.5, 0.6) is 0 Å². The molecule has 0 saturated carbocycles. The number of nitrogens with one attached hydrogen (secondary N) is 1. The molecular weight excluding hydrogens is 691 g/mol. The van der Waals surface area contributed by atoms with Crippen LogP contribution in [0.3, 0.4) is 0 Å². The number of rotatable bonds is 8. The number of nitro benzene ring substituents is 1. The molecule has 1 aliphatic heterocycles. The summed E-state index contributed by atoms with van der Waals surface area (Å²) in [4.78, 5) is 59.6. The van der Waals surface area contributed by atoms with Gasteiger partial charge in [-0.1, -0.05) is 72.4 Å². The van der Waals surface area contributed by atoms with Crippen LogP contribution in [0.15, 0.2) is 142 Å². The van der Waals surface area contributed by atoms with Gasteiger partial charge in [-0.3, -0.25) is 34.3 Å². The fourth-order valence-electron chi connectivity index (χ4n) is 5.27. The Kier molecular flexibility index (Phi) is 9.00. The highest BCUT2D eigenvalue weighted by Gasteiger charge is 2.41. The number of carbonyl (C=O) groups is 3. The van der Waals surface area contributed by atoms with Crippen molar-refractivity contribution in [1.82, 2.24) is 4.98 Å². The molecule has 1 aliphatic rings. The number of anilines is 3. The summed E-state index contributed by atoms with van der Waals surface area (Å²) in [5, 5.41) is 15.2. The fraction of sp³-hybridized carbons (Fsp3) is 0. The van der Waals surface area contributed by atoms with Crippen LogP contribution in [-0.2, 0) is 9.59 Å². The zero-order valence-electron chi connectivity index (χ0n) is 25.8. The minimum Gasteiger partial charge on any atom is -0.322 e. The predicted molar refractivity (Wildman–Crippen MR) is 200 cm³/mol. The van der Waals surface area contributed by atoms with Crippen molar-refractivity contribution >= 4 is 97.2 Å². The van der Waals surface area contributed by atoms with Gasteiger partial charge in [0, 0.05) is 17.3 Å². The summed E-state index contributed by atoms with van der Waals surface area (Å²) < 4.78 is 1.35. The van der Waals surface area contributed by atoms with Crippen LogP contribution < -0.4 is 15.1 Å². The summed E-state index contributed by atoms with van der Waals surface area (Å²) in [5.41, 5.74) is 2.61. The Balaban J connectivity index is 1.19.